The second kappa shape index (κ2) is 5.61. The Bertz CT molecular complexity index is 472. The zero-order valence-corrected chi connectivity index (χ0v) is 11.3. The highest BCUT2D eigenvalue weighted by molar-refractivity contribution is 9.10. The van der Waals surface area contributed by atoms with E-state index in [0.717, 1.165) is 10.0 Å². The van der Waals surface area contributed by atoms with Gasteiger partial charge < -0.3 is 9.84 Å². The summed E-state index contributed by atoms with van der Waals surface area (Å²) in [5, 5.41) is 8.91. The number of halogens is 1. The van der Waals surface area contributed by atoms with Crippen LogP contribution < -0.4 is 0 Å². The summed E-state index contributed by atoms with van der Waals surface area (Å²) in [6, 6.07) is 7.67. The van der Waals surface area contributed by atoms with E-state index in [2.05, 4.69) is 15.9 Å². The lowest BCUT2D eigenvalue weighted by Crippen LogP contribution is -2.28. The number of carbonyl (C=O) groups excluding carboxylic acids is 1. The molecule has 4 heteroatoms. The van der Waals surface area contributed by atoms with Crippen molar-refractivity contribution in [2.24, 2.45) is 0 Å². The number of aliphatic hydroxyl groups is 1. The topological polar surface area (TPSA) is 46.5 Å². The van der Waals surface area contributed by atoms with Gasteiger partial charge in [-0.05, 0) is 42.0 Å². The number of carbonyl (C=O) groups is 1. The molecule has 0 radical (unpaired) electrons. The molecule has 0 amide bonds. The fourth-order valence-corrected chi connectivity index (χ4v) is 2.08. The van der Waals surface area contributed by atoms with Crippen molar-refractivity contribution < 1.29 is 14.6 Å². The Kier molecular flexibility index (Phi) is 4.11. The van der Waals surface area contributed by atoms with Crippen molar-refractivity contribution in [3.05, 3.63) is 58.6 Å². The zero-order valence-electron chi connectivity index (χ0n) is 9.67. The molecular weight excluding hydrogens is 296 g/mol. The Morgan fingerprint density at radius 3 is 2.33 bits per heavy atom. The van der Waals surface area contributed by atoms with E-state index in [1.54, 1.807) is 12.2 Å². The Balaban J connectivity index is 2.36. The van der Waals surface area contributed by atoms with E-state index in [0.29, 0.717) is 0 Å². The summed E-state index contributed by atoms with van der Waals surface area (Å²) in [7, 11) is 0. The molecule has 0 bridgehead atoms. The van der Waals surface area contributed by atoms with Gasteiger partial charge in [-0.25, -0.2) is 0 Å². The number of ketones is 1. The molecule has 1 aromatic rings. The Hall–Kier alpha value is -1.23. The standard InChI is InChI=1S/C14H13BrO3/c15-12-3-1-11(2-4-12)14(18-10-9-16)7-5-13(17)6-8-14/h1-8,16H,9-10H2. The molecule has 0 spiro atoms. The Morgan fingerprint density at radius 1 is 1.17 bits per heavy atom. The maximum Gasteiger partial charge on any atom is 0.178 e. The summed E-state index contributed by atoms with van der Waals surface area (Å²) >= 11 is 3.38. The van der Waals surface area contributed by atoms with Gasteiger partial charge in [-0.15, -0.1) is 0 Å². The van der Waals surface area contributed by atoms with Gasteiger partial charge in [0.05, 0.1) is 13.2 Å². The molecule has 94 valence electrons. The maximum absolute atomic E-state index is 11.2. The third-order valence-electron chi connectivity index (χ3n) is 2.72. The average molecular weight is 309 g/mol. The second-order valence-electron chi connectivity index (χ2n) is 3.94. The van der Waals surface area contributed by atoms with Crippen LogP contribution in [0, 0.1) is 0 Å². The van der Waals surface area contributed by atoms with E-state index in [4.69, 9.17) is 9.84 Å². The first-order chi connectivity index (χ1) is 8.66. The zero-order chi connectivity index (χ0) is 13.0. The molecule has 0 aromatic heterocycles. The van der Waals surface area contributed by atoms with E-state index >= 15 is 0 Å². The minimum Gasteiger partial charge on any atom is -0.394 e. The van der Waals surface area contributed by atoms with Crippen LogP contribution in [0.1, 0.15) is 5.56 Å². The Labute approximate surface area is 114 Å². The lowest BCUT2D eigenvalue weighted by Gasteiger charge is -2.29. The first-order valence-corrected chi connectivity index (χ1v) is 6.39. The summed E-state index contributed by atoms with van der Waals surface area (Å²) in [5.41, 5.74) is 0.149. The summed E-state index contributed by atoms with van der Waals surface area (Å²) < 4.78 is 6.68. The smallest absolute Gasteiger partial charge is 0.178 e. The number of aliphatic hydroxyl groups excluding tert-OH is 1. The third kappa shape index (κ3) is 2.77. The third-order valence-corrected chi connectivity index (χ3v) is 3.25. The van der Waals surface area contributed by atoms with Gasteiger partial charge in [0.2, 0.25) is 0 Å². The van der Waals surface area contributed by atoms with Crippen molar-refractivity contribution >= 4 is 21.7 Å². The predicted octanol–water partition coefficient (Wildman–Crippen LogP) is 2.35. The number of benzene rings is 1. The normalized spacial score (nSPS) is 17.1. The highest BCUT2D eigenvalue weighted by atomic mass is 79.9. The molecule has 1 aliphatic rings. The van der Waals surface area contributed by atoms with Crippen molar-refractivity contribution in [2.45, 2.75) is 5.60 Å². The summed E-state index contributed by atoms with van der Waals surface area (Å²) in [4.78, 5) is 11.2. The summed E-state index contributed by atoms with van der Waals surface area (Å²) in [6.07, 6.45) is 6.40. The minimum atomic E-state index is -0.767. The SMILES string of the molecule is O=C1C=CC(OCCO)(c2ccc(Br)cc2)C=C1. The molecule has 2 rings (SSSR count). The minimum absolute atomic E-state index is 0.0599. The molecule has 1 aliphatic carbocycles. The van der Waals surface area contributed by atoms with Crippen molar-refractivity contribution in [1.82, 2.24) is 0 Å². The molecule has 18 heavy (non-hydrogen) atoms. The van der Waals surface area contributed by atoms with Crippen LogP contribution in [0.25, 0.3) is 0 Å². The van der Waals surface area contributed by atoms with Crippen molar-refractivity contribution in [3.63, 3.8) is 0 Å². The van der Waals surface area contributed by atoms with E-state index in [-0.39, 0.29) is 19.0 Å². The molecule has 1 N–H and O–H groups in total. The fraction of sp³-hybridized carbons (Fsp3) is 0.214. The maximum atomic E-state index is 11.2. The monoisotopic (exact) mass is 308 g/mol. The van der Waals surface area contributed by atoms with Crippen molar-refractivity contribution in [1.29, 1.82) is 0 Å². The average Bonchev–Trinajstić information content (AvgIpc) is 2.40. The molecular formula is C14H13BrO3. The molecule has 0 unspecified atom stereocenters. The Morgan fingerprint density at radius 2 is 1.78 bits per heavy atom. The lowest BCUT2D eigenvalue weighted by atomic mass is 9.89. The van der Waals surface area contributed by atoms with E-state index in [1.165, 1.54) is 12.2 Å². The lowest BCUT2D eigenvalue weighted by molar-refractivity contribution is -0.111. The molecule has 0 saturated heterocycles. The molecule has 3 nitrogen and oxygen atoms in total. The molecule has 0 heterocycles. The molecule has 0 aliphatic heterocycles. The van der Waals surface area contributed by atoms with E-state index in [1.807, 2.05) is 24.3 Å². The molecule has 0 saturated carbocycles. The second-order valence-corrected chi connectivity index (χ2v) is 4.86. The van der Waals surface area contributed by atoms with Gasteiger partial charge in [0.25, 0.3) is 0 Å². The first kappa shape index (κ1) is 13.2. The first-order valence-electron chi connectivity index (χ1n) is 5.59. The van der Waals surface area contributed by atoms with Crippen LogP contribution in [0.3, 0.4) is 0 Å². The van der Waals surface area contributed by atoms with Crippen LogP contribution in [0.2, 0.25) is 0 Å². The molecule has 0 fully saturated rings. The van der Waals surface area contributed by atoms with Crippen molar-refractivity contribution in [2.75, 3.05) is 13.2 Å². The van der Waals surface area contributed by atoms with Gasteiger partial charge in [0.1, 0.15) is 5.60 Å². The van der Waals surface area contributed by atoms with Crippen molar-refractivity contribution in [3.8, 4) is 0 Å². The number of allylic oxidation sites excluding steroid dienone is 2. The van der Waals surface area contributed by atoms with Crippen LogP contribution in [-0.2, 0) is 15.1 Å². The van der Waals surface area contributed by atoms with Gasteiger partial charge in [-0.1, -0.05) is 28.1 Å². The number of rotatable bonds is 4. The number of ether oxygens (including phenoxy) is 1. The van der Waals surface area contributed by atoms with E-state index < -0.39 is 5.60 Å². The van der Waals surface area contributed by atoms with Gasteiger partial charge >= 0.3 is 0 Å². The van der Waals surface area contributed by atoms with Crippen LogP contribution in [-0.4, -0.2) is 24.1 Å². The van der Waals surface area contributed by atoms with Gasteiger partial charge in [-0.2, -0.15) is 0 Å². The quantitative estimate of drug-likeness (QED) is 0.929. The molecule has 0 atom stereocenters. The largest absolute Gasteiger partial charge is 0.394 e. The van der Waals surface area contributed by atoms with Crippen LogP contribution in [0.4, 0.5) is 0 Å². The highest BCUT2D eigenvalue weighted by Crippen LogP contribution is 2.32. The van der Waals surface area contributed by atoms with Gasteiger partial charge in [0.15, 0.2) is 5.78 Å². The highest BCUT2D eigenvalue weighted by Gasteiger charge is 2.29. The van der Waals surface area contributed by atoms with Crippen LogP contribution in [0.15, 0.2) is 53.0 Å². The van der Waals surface area contributed by atoms with Gasteiger partial charge in [-0.3, -0.25) is 4.79 Å². The molecule has 1 aromatic carbocycles. The van der Waals surface area contributed by atoms with E-state index in [9.17, 15) is 4.79 Å². The van der Waals surface area contributed by atoms with Crippen LogP contribution in [0.5, 0.6) is 0 Å². The number of hydrogen-bond donors (Lipinski definition) is 1. The summed E-state index contributed by atoms with van der Waals surface area (Å²) in [5.74, 6) is -0.0599. The fourth-order valence-electron chi connectivity index (χ4n) is 1.82. The summed E-state index contributed by atoms with van der Waals surface area (Å²) in [6.45, 7) is 0.146. The van der Waals surface area contributed by atoms with Gasteiger partial charge in [0, 0.05) is 4.47 Å². The number of hydrogen-bond acceptors (Lipinski definition) is 3. The van der Waals surface area contributed by atoms with Crippen LogP contribution >= 0.6 is 15.9 Å². The predicted molar refractivity (Wildman–Crippen MR) is 72.1 cm³/mol.